The molecule has 2 fully saturated rings. The van der Waals surface area contributed by atoms with Crippen LogP contribution in [0.5, 0.6) is 5.75 Å². The van der Waals surface area contributed by atoms with Crippen LogP contribution in [0.4, 0.5) is 32.0 Å². The fourth-order valence-corrected chi connectivity index (χ4v) is 4.52. The Hall–Kier alpha value is -3.07. The van der Waals surface area contributed by atoms with E-state index in [0.717, 1.165) is 13.0 Å². The number of anilines is 1. The summed E-state index contributed by atoms with van der Waals surface area (Å²) >= 11 is 0. The molecule has 1 atom stereocenters. The van der Waals surface area contributed by atoms with Crippen LogP contribution in [0.2, 0.25) is 0 Å². The minimum atomic E-state index is -5.17. The zero-order valence-corrected chi connectivity index (χ0v) is 22.4. The van der Waals surface area contributed by atoms with Crippen LogP contribution in [0.1, 0.15) is 56.0 Å². The van der Waals surface area contributed by atoms with Crippen molar-refractivity contribution in [1.29, 1.82) is 0 Å². The number of carbonyl (C=O) groups is 3. The van der Waals surface area contributed by atoms with Crippen LogP contribution < -0.4 is 9.64 Å². The molecule has 2 heterocycles. The number of hydrogen-bond donors (Lipinski definition) is 2. The highest BCUT2D eigenvalue weighted by Crippen LogP contribution is 2.45. The number of carbonyl (C=O) groups excluding carboxylic acids is 1. The highest BCUT2D eigenvalue weighted by Gasteiger charge is 2.48. The van der Waals surface area contributed by atoms with E-state index in [1.807, 2.05) is 7.05 Å². The summed E-state index contributed by atoms with van der Waals surface area (Å²) in [5, 5.41) is 17.0. The largest absolute Gasteiger partial charge is 0.490 e. The molecule has 2 aliphatic heterocycles. The fourth-order valence-electron chi connectivity index (χ4n) is 4.52. The van der Waals surface area contributed by atoms with Crippen LogP contribution in [-0.4, -0.2) is 90.8 Å². The first-order valence-electron chi connectivity index (χ1n) is 12.3. The number of carboxylic acids is 2. The molecular formula is C25H32F6N2O7. The van der Waals surface area contributed by atoms with Crippen molar-refractivity contribution >= 4 is 23.5 Å². The highest BCUT2D eigenvalue weighted by atomic mass is 19.4. The molecule has 1 amide bonds. The lowest BCUT2D eigenvalue weighted by Crippen LogP contribution is -2.50. The summed E-state index contributed by atoms with van der Waals surface area (Å²) in [6.45, 7) is 7.14. The molecule has 15 heteroatoms. The number of nitrogens with zero attached hydrogens (tertiary/aromatic N) is 2. The Balaban J connectivity index is 0.000000708. The molecule has 1 aromatic carbocycles. The van der Waals surface area contributed by atoms with Gasteiger partial charge in [-0.1, -0.05) is 20.8 Å². The van der Waals surface area contributed by atoms with Crippen LogP contribution in [-0.2, 0) is 19.7 Å². The van der Waals surface area contributed by atoms with Gasteiger partial charge in [-0.3, -0.25) is 4.79 Å². The van der Waals surface area contributed by atoms with Crippen molar-refractivity contribution in [2.75, 3.05) is 38.3 Å². The van der Waals surface area contributed by atoms with Gasteiger partial charge in [0.2, 0.25) is 0 Å². The summed E-state index contributed by atoms with van der Waals surface area (Å²) in [5.41, 5.74) is -1.13. The first kappa shape index (κ1) is 33.1. The molecule has 0 spiro atoms. The van der Waals surface area contributed by atoms with Crippen molar-refractivity contribution in [3.63, 3.8) is 0 Å². The second kappa shape index (κ2) is 12.6. The number of aliphatic carboxylic acids is 1. The van der Waals surface area contributed by atoms with Crippen LogP contribution in [0.25, 0.3) is 0 Å². The standard InChI is InChI=1S/C23H31F3N2O5.C2HF3O2/c1-22(2,3)18-17(33-15-7-10-27(4)13-15)6-5-16(20(29)30)19(18)28(21(31)23(24,25)26)14-8-11-32-12-9-14;3-2(4,5)1(6)7/h5-6,14-15H,7-13H2,1-4H3,(H,29,30);(H,6,7)/t15-;/m0./s1. The predicted molar refractivity (Wildman–Crippen MR) is 130 cm³/mol. The smallest absolute Gasteiger partial charge is 0.489 e. The van der Waals surface area contributed by atoms with Gasteiger partial charge in [-0.15, -0.1) is 0 Å². The SMILES string of the molecule is CN1CC[C@H](Oc2ccc(C(=O)O)c(N(C(=O)C(F)(F)F)C3CCOCC3)c2C(C)(C)C)C1.O=C(O)C(F)(F)F. The zero-order valence-electron chi connectivity index (χ0n) is 22.4. The maximum atomic E-state index is 13.8. The number of amides is 1. The second-order valence-electron chi connectivity index (χ2n) is 10.5. The molecule has 0 aliphatic carbocycles. The Morgan fingerprint density at radius 2 is 1.52 bits per heavy atom. The average Bonchev–Trinajstić information content (AvgIpc) is 3.22. The Labute approximate surface area is 226 Å². The van der Waals surface area contributed by atoms with Gasteiger partial charge in [-0.25, -0.2) is 9.59 Å². The molecule has 9 nitrogen and oxygen atoms in total. The molecule has 3 rings (SSSR count). The van der Waals surface area contributed by atoms with Crippen LogP contribution >= 0.6 is 0 Å². The van der Waals surface area contributed by atoms with Gasteiger partial charge in [0, 0.05) is 37.9 Å². The fraction of sp³-hybridized carbons (Fsp3) is 0.640. The summed E-state index contributed by atoms with van der Waals surface area (Å²) in [4.78, 5) is 36.5. The minimum Gasteiger partial charge on any atom is -0.489 e. The second-order valence-corrected chi connectivity index (χ2v) is 10.5. The van der Waals surface area contributed by atoms with Gasteiger partial charge in [0.05, 0.1) is 11.3 Å². The summed E-state index contributed by atoms with van der Waals surface area (Å²) in [7, 11) is 1.95. The summed E-state index contributed by atoms with van der Waals surface area (Å²) in [6.07, 6.45) is -9.36. The minimum absolute atomic E-state index is 0.170. The molecule has 0 unspecified atom stereocenters. The molecule has 40 heavy (non-hydrogen) atoms. The van der Waals surface area contributed by atoms with Crippen LogP contribution in [0.15, 0.2) is 12.1 Å². The maximum absolute atomic E-state index is 13.8. The lowest BCUT2D eigenvalue weighted by molar-refractivity contribution is -0.192. The molecule has 2 aliphatic rings. The van der Waals surface area contributed by atoms with E-state index in [1.165, 1.54) is 12.1 Å². The van der Waals surface area contributed by atoms with Gasteiger partial charge in [0.25, 0.3) is 0 Å². The topological polar surface area (TPSA) is 117 Å². The van der Waals surface area contributed by atoms with Crippen molar-refractivity contribution in [3.05, 3.63) is 23.3 Å². The predicted octanol–water partition coefficient (Wildman–Crippen LogP) is 4.47. The van der Waals surface area contributed by atoms with Gasteiger partial charge in [-0.05, 0) is 43.9 Å². The van der Waals surface area contributed by atoms with Gasteiger partial charge < -0.3 is 29.5 Å². The van der Waals surface area contributed by atoms with Crippen molar-refractivity contribution < 1.29 is 60.4 Å². The number of aromatic carboxylic acids is 1. The van der Waals surface area contributed by atoms with E-state index in [0.29, 0.717) is 17.2 Å². The lowest BCUT2D eigenvalue weighted by Gasteiger charge is -2.39. The number of likely N-dealkylation sites (N-methyl/N-ethyl adjacent to an activating group) is 1. The van der Waals surface area contributed by atoms with Crippen LogP contribution in [0, 0.1) is 0 Å². The normalized spacial score (nSPS) is 19.0. The maximum Gasteiger partial charge on any atom is 0.490 e. The first-order chi connectivity index (χ1) is 18.2. The molecule has 0 bridgehead atoms. The first-order valence-corrected chi connectivity index (χ1v) is 12.3. The number of ether oxygens (including phenoxy) is 2. The number of halogens is 6. The van der Waals surface area contributed by atoms with Crippen molar-refractivity contribution in [1.82, 2.24) is 4.90 Å². The van der Waals surface area contributed by atoms with Crippen molar-refractivity contribution in [2.24, 2.45) is 0 Å². The van der Waals surface area contributed by atoms with E-state index in [9.17, 15) is 41.0 Å². The number of alkyl halides is 6. The molecule has 2 saturated heterocycles. The number of carboxylic acid groups (broad SMARTS) is 2. The third-order valence-corrected chi connectivity index (χ3v) is 6.26. The zero-order chi connectivity index (χ0) is 30.6. The molecule has 226 valence electrons. The third-order valence-electron chi connectivity index (χ3n) is 6.26. The molecule has 2 N–H and O–H groups in total. The summed E-state index contributed by atoms with van der Waals surface area (Å²) in [6, 6.07) is 1.88. The molecule has 0 aromatic heterocycles. The van der Waals surface area contributed by atoms with Crippen molar-refractivity contribution in [3.8, 4) is 5.75 Å². The molecular weight excluding hydrogens is 554 g/mol. The van der Waals surface area contributed by atoms with E-state index < -0.39 is 41.7 Å². The summed E-state index contributed by atoms with van der Waals surface area (Å²) in [5.74, 6) is -5.95. The summed E-state index contributed by atoms with van der Waals surface area (Å²) < 4.78 is 84.5. The third kappa shape index (κ3) is 8.46. The van der Waals surface area contributed by atoms with Gasteiger partial charge in [-0.2, -0.15) is 26.3 Å². The Kier molecular flexibility index (Phi) is 10.5. The number of likely N-dealkylation sites (tertiary alicyclic amines) is 1. The number of rotatable bonds is 5. The van der Waals surface area contributed by atoms with E-state index in [4.69, 9.17) is 19.4 Å². The Morgan fingerprint density at radius 1 is 0.975 bits per heavy atom. The van der Waals surface area contributed by atoms with Gasteiger partial charge in [0.1, 0.15) is 11.9 Å². The monoisotopic (exact) mass is 586 g/mol. The van der Waals surface area contributed by atoms with Crippen LogP contribution in [0.3, 0.4) is 0 Å². The number of benzene rings is 1. The Morgan fingerprint density at radius 3 is 1.93 bits per heavy atom. The van der Waals surface area contributed by atoms with Gasteiger partial charge in [0.15, 0.2) is 0 Å². The van der Waals surface area contributed by atoms with Gasteiger partial charge >= 0.3 is 30.2 Å². The molecule has 1 aromatic rings. The van der Waals surface area contributed by atoms with E-state index in [1.54, 1.807) is 20.8 Å². The van der Waals surface area contributed by atoms with Crippen molar-refractivity contribution in [2.45, 2.75) is 69.9 Å². The number of hydrogen-bond acceptors (Lipinski definition) is 6. The van der Waals surface area contributed by atoms with E-state index in [-0.39, 0.29) is 49.0 Å². The highest BCUT2D eigenvalue weighted by molar-refractivity contribution is 6.06. The molecule has 0 saturated carbocycles. The average molecular weight is 587 g/mol. The quantitative estimate of drug-likeness (QED) is 0.486. The van der Waals surface area contributed by atoms with E-state index >= 15 is 0 Å². The lowest BCUT2D eigenvalue weighted by atomic mass is 9.82. The van der Waals surface area contributed by atoms with E-state index in [2.05, 4.69) is 4.90 Å². The Bertz CT molecular complexity index is 1080. The molecule has 0 radical (unpaired) electrons.